The quantitative estimate of drug-likeness (QED) is 0.783. The molecular weight excluding hydrogens is 262 g/mol. The molecule has 0 aliphatic rings. The van der Waals surface area contributed by atoms with Gasteiger partial charge in [0.1, 0.15) is 5.75 Å². The Morgan fingerprint density at radius 1 is 1.17 bits per heavy atom. The van der Waals surface area contributed by atoms with Crippen LogP contribution >= 0.6 is 22.7 Å². The van der Waals surface area contributed by atoms with Crippen molar-refractivity contribution < 1.29 is 4.74 Å². The SMILES string of the molecule is COc1ccccc1C(N)c1cc2sccc2s1. The van der Waals surface area contributed by atoms with Crippen molar-refractivity contribution in [2.45, 2.75) is 6.04 Å². The van der Waals surface area contributed by atoms with E-state index in [-0.39, 0.29) is 6.04 Å². The number of para-hydroxylation sites is 1. The number of benzene rings is 1. The number of fused-ring (bicyclic) bond motifs is 1. The molecule has 0 radical (unpaired) electrons. The van der Waals surface area contributed by atoms with Crippen molar-refractivity contribution in [2.75, 3.05) is 7.11 Å². The van der Waals surface area contributed by atoms with E-state index in [9.17, 15) is 0 Å². The molecule has 2 heterocycles. The summed E-state index contributed by atoms with van der Waals surface area (Å²) in [4.78, 5) is 1.18. The van der Waals surface area contributed by atoms with E-state index in [1.165, 1.54) is 14.3 Å². The molecule has 0 fully saturated rings. The second-order valence-electron chi connectivity index (χ2n) is 4.02. The molecular formula is C14H13NOS2. The van der Waals surface area contributed by atoms with E-state index in [2.05, 4.69) is 17.5 Å². The standard InChI is InChI=1S/C14H13NOS2/c1-16-10-5-3-2-4-9(10)14(15)13-8-12-11(18-13)6-7-17-12/h2-8,14H,15H2,1H3. The van der Waals surface area contributed by atoms with Gasteiger partial charge in [-0.1, -0.05) is 18.2 Å². The summed E-state index contributed by atoms with van der Waals surface area (Å²) in [7, 11) is 1.68. The third-order valence-electron chi connectivity index (χ3n) is 2.94. The minimum atomic E-state index is -0.120. The van der Waals surface area contributed by atoms with Gasteiger partial charge in [0.2, 0.25) is 0 Å². The zero-order chi connectivity index (χ0) is 12.5. The largest absolute Gasteiger partial charge is 0.496 e. The van der Waals surface area contributed by atoms with Gasteiger partial charge >= 0.3 is 0 Å². The summed E-state index contributed by atoms with van der Waals surface area (Å²) in [5, 5.41) is 2.11. The lowest BCUT2D eigenvalue weighted by atomic mass is 10.1. The molecule has 1 unspecified atom stereocenters. The van der Waals surface area contributed by atoms with E-state index in [4.69, 9.17) is 10.5 Å². The van der Waals surface area contributed by atoms with Gasteiger partial charge in [-0.05, 0) is 23.6 Å². The van der Waals surface area contributed by atoms with E-state index in [1.807, 2.05) is 24.3 Å². The Hall–Kier alpha value is -1.36. The predicted octanol–water partition coefficient (Wildman–Crippen LogP) is 4.02. The van der Waals surface area contributed by atoms with E-state index < -0.39 is 0 Å². The normalized spacial score (nSPS) is 12.8. The minimum Gasteiger partial charge on any atom is -0.496 e. The van der Waals surface area contributed by atoms with Crippen LogP contribution in [-0.4, -0.2) is 7.11 Å². The Kier molecular flexibility index (Phi) is 3.07. The van der Waals surface area contributed by atoms with Crippen LogP contribution in [-0.2, 0) is 0 Å². The molecule has 0 amide bonds. The summed E-state index contributed by atoms with van der Waals surface area (Å²) in [5.41, 5.74) is 7.39. The third kappa shape index (κ3) is 1.92. The molecule has 92 valence electrons. The first kappa shape index (κ1) is 11.7. The topological polar surface area (TPSA) is 35.2 Å². The lowest BCUT2D eigenvalue weighted by Gasteiger charge is -2.13. The van der Waals surface area contributed by atoms with Gasteiger partial charge in [-0.25, -0.2) is 0 Å². The van der Waals surface area contributed by atoms with Crippen molar-refractivity contribution in [3.63, 3.8) is 0 Å². The van der Waals surface area contributed by atoms with E-state index in [0.717, 1.165) is 11.3 Å². The number of nitrogens with two attached hydrogens (primary N) is 1. The zero-order valence-electron chi connectivity index (χ0n) is 9.92. The number of hydrogen-bond donors (Lipinski definition) is 1. The average molecular weight is 275 g/mol. The van der Waals surface area contributed by atoms with Crippen LogP contribution in [0.3, 0.4) is 0 Å². The summed E-state index contributed by atoms with van der Waals surface area (Å²) < 4.78 is 7.98. The Morgan fingerprint density at radius 2 is 2.00 bits per heavy atom. The van der Waals surface area contributed by atoms with E-state index >= 15 is 0 Å². The molecule has 18 heavy (non-hydrogen) atoms. The number of methoxy groups -OCH3 is 1. The highest BCUT2D eigenvalue weighted by atomic mass is 32.1. The summed E-state index contributed by atoms with van der Waals surface area (Å²) in [6, 6.07) is 12.1. The third-order valence-corrected chi connectivity index (χ3v) is 5.12. The van der Waals surface area contributed by atoms with Crippen LogP contribution in [0, 0.1) is 0 Å². The Morgan fingerprint density at radius 3 is 2.78 bits per heavy atom. The molecule has 2 nitrogen and oxygen atoms in total. The number of hydrogen-bond acceptors (Lipinski definition) is 4. The lowest BCUT2D eigenvalue weighted by molar-refractivity contribution is 0.408. The first-order valence-corrected chi connectivity index (χ1v) is 7.34. The Balaban J connectivity index is 2.03. The van der Waals surface area contributed by atoms with Crippen molar-refractivity contribution in [1.29, 1.82) is 0 Å². The first-order chi connectivity index (χ1) is 8.79. The van der Waals surface area contributed by atoms with Crippen molar-refractivity contribution in [3.8, 4) is 5.75 Å². The van der Waals surface area contributed by atoms with E-state index in [0.29, 0.717) is 0 Å². The second kappa shape index (κ2) is 4.72. The highest BCUT2D eigenvalue weighted by molar-refractivity contribution is 7.27. The van der Waals surface area contributed by atoms with E-state index in [1.54, 1.807) is 29.8 Å². The Bertz CT molecular complexity index is 643. The van der Waals surface area contributed by atoms with Crippen molar-refractivity contribution in [1.82, 2.24) is 0 Å². The smallest absolute Gasteiger partial charge is 0.124 e. The number of thiophene rings is 2. The van der Waals surface area contributed by atoms with Gasteiger partial charge in [0.05, 0.1) is 13.2 Å². The summed E-state index contributed by atoms with van der Waals surface area (Å²) in [6.07, 6.45) is 0. The van der Waals surface area contributed by atoms with Gasteiger partial charge in [0.25, 0.3) is 0 Å². The molecule has 2 aromatic heterocycles. The highest BCUT2D eigenvalue weighted by Gasteiger charge is 2.16. The van der Waals surface area contributed by atoms with Crippen LogP contribution < -0.4 is 10.5 Å². The molecule has 0 aliphatic carbocycles. The van der Waals surface area contributed by atoms with Gasteiger partial charge in [0, 0.05) is 19.8 Å². The van der Waals surface area contributed by atoms with Gasteiger partial charge in [-0.2, -0.15) is 0 Å². The maximum atomic E-state index is 6.35. The fraction of sp³-hybridized carbons (Fsp3) is 0.143. The monoisotopic (exact) mass is 275 g/mol. The molecule has 0 aliphatic heterocycles. The van der Waals surface area contributed by atoms with Gasteiger partial charge < -0.3 is 10.5 Å². The predicted molar refractivity (Wildman–Crippen MR) is 78.7 cm³/mol. The molecule has 0 bridgehead atoms. The summed E-state index contributed by atoms with van der Waals surface area (Å²) >= 11 is 3.51. The highest BCUT2D eigenvalue weighted by Crippen LogP contribution is 2.36. The van der Waals surface area contributed by atoms with Crippen LogP contribution in [0.4, 0.5) is 0 Å². The van der Waals surface area contributed by atoms with Crippen molar-refractivity contribution >= 4 is 32.1 Å². The number of rotatable bonds is 3. The molecule has 3 aromatic rings. The molecule has 0 saturated heterocycles. The molecule has 0 spiro atoms. The van der Waals surface area contributed by atoms with Crippen LogP contribution in [0.1, 0.15) is 16.5 Å². The van der Waals surface area contributed by atoms with Crippen LogP contribution in [0.25, 0.3) is 9.40 Å². The van der Waals surface area contributed by atoms with Crippen LogP contribution in [0.15, 0.2) is 41.8 Å². The van der Waals surface area contributed by atoms with Crippen LogP contribution in [0.2, 0.25) is 0 Å². The fourth-order valence-electron chi connectivity index (χ4n) is 2.01. The second-order valence-corrected chi connectivity index (χ2v) is 6.08. The zero-order valence-corrected chi connectivity index (χ0v) is 11.6. The van der Waals surface area contributed by atoms with Crippen molar-refractivity contribution in [3.05, 3.63) is 52.2 Å². The number of ether oxygens (including phenoxy) is 1. The maximum absolute atomic E-state index is 6.35. The van der Waals surface area contributed by atoms with Crippen molar-refractivity contribution in [2.24, 2.45) is 5.73 Å². The fourth-order valence-corrected chi connectivity index (χ4v) is 4.15. The summed E-state index contributed by atoms with van der Waals surface area (Å²) in [6.45, 7) is 0. The first-order valence-electron chi connectivity index (χ1n) is 5.65. The van der Waals surface area contributed by atoms with Gasteiger partial charge in [-0.15, -0.1) is 22.7 Å². The molecule has 2 N–H and O–H groups in total. The molecule has 0 saturated carbocycles. The van der Waals surface area contributed by atoms with Gasteiger partial charge in [0.15, 0.2) is 0 Å². The lowest BCUT2D eigenvalue weighted by Crippen LogP contribution is -2.11. The molecule has 3 rings (SSSR count). The average Bonchev–Trinajstić information content (AvgIpc) is 2.98. The van der Waals surface area contributed by atoms with Gasteiger partial charge in [-0.3, -0.25) is 0 Å². The Labute approximate surface area is 114 Å². The van der Waals surface area contributed by atoms with Crippen LogP contribution in [0.5, 0.6) is 5.75 Å². The minimum absolute atomic E-state index is 0.120. The maximum Gasteiger partial charge on any atom is 0.124 e. The molecule has 4 heteroatoms. The summed E-state index contributed by atoms with van der Waals surface area (Å²) in [5.74, 6) is 0.849. The molecule has 1 aromatic carbocycles. The molecule has 1 atom stereocenters.